The van der Waals surface area contributed by atoms with E-state index in [1.54, 1.807) is 6.20 Å². The second-order valence-electron chi connectivity index (χ2n) is 5.96. The molecule has 0 N–H and O–H groups in total. The zero-order valence-electron chi connectivity index (χ0n) is 11.6. The first-order valence-corrected chi connectivity index (χ1v) is 6.66. The predicted octanol–water partition coefficient (Wildman–Crippen LogP) is 3.67. The third-order valence-electron chi connectivity index (χ3n) is 3.39. The highest BCUT2D eigenvalue weighted by atomic mass is 16.5. The van der Waals surface area contributed by atoms with Gasteiger partial charge >= 0.3 is 0 Å². The van der Waals surface area contributed by atoms with Crippen LogP contribution in [0.2, 0.25) is 0 Å². The second kappa shape index (κ2) is 4.34. The first-order valence-electron chi connectivity index (χ1n) is 6.66. The summed E-state index contributed by atoms with van der Waals surface area (Å²) in [6, 6.07) is 8.09. The van der Waals surface area contributed by atoms with Crippen molar-refractivity contribution in [1.29, 1.82) is 0 Å². The highest BCUT2D eigenvalue weighted by Gasteiger charge is 2.21. The fourth-order valence-electron chi connectivity index (χ4n) is 2.24. The number of hydrogen-bond acceptors (Lipinski definition) is 3. The van der Waals surface area contributed by atoms with E-state index in [4.69, 9.17) is 9.72 Å². The molecule has 0 spiro atoms. The maximum absolute atomic E-state index is 5.90. The average Bonchev–Trinajstić information content (AvgIpc) is 2.55. The molecule has 3 nitrogen and oxygen atoms in total. The third-order valence-corrected chi connectivity index (χ3v) is 3.39. The molecule has 0 fully saturated rings. The molecule has 98 valence electrons. The molecule has 0 radical (unpaired) electrons. The average molecular weight is 254 g/mol. The van der Waals surface area contributed by atoms with Crippen LogP contribution in [0.5, 0.6) is 11.6 Å². The summed E-state index contributed by atoms with van der Waals surface area (Å²) in [5, 5.41) is 0. The number of fused-ring (bicyclic) bond motifs is 2. The summed E-state index contributed by atoms with van der Waals surface area (Å²) in [4.78, 5) is 9.07. The molecule has 0 atom stereocenters. The highest BCUT2D eigenvalue weighted by molar-refractivity contribution is 5.40. The van der Waals surface area contributed by atoms with Gasteiger partial charge in [0, 0.05) is 22.9 Å². The number of aromatic nitrogens is 2. The van der Waals surface area contributed by atoms with Crippen molar-refractivity contribution in [2.24, 2.45) is 0 Å². The Morgan fingerprint density at radius 2 is 1.95 bits per heavy atom. The number of rotatable bonds is 0. The van der Waals surface area contributed by atoms with Gasteiger partial charge in [0.2, 0.25) is 5.88 Å². The number of pyridine rings is 2. The van der Waals surface area contributed by atoms with Crippen LogP contribution < -0.4 is 4.74 Å². The van der Waals surface area contributed by atoms with Gasteiger partial charge in [0.15, 0.2) is 5.75 Å². The van der Waals surface area contributed by atoms with Crippen molar-refractivity contribution in [2.75, 3.05) is 0 Å². The smallest absolute Gasteiger partial charge is 0.222 e. The maximum Gasteiger partial charge on any atom is 0.222 e. The van der Waals surface area contributed by atoms with E-state index in [1.807, 2.05) is 18.2 Å². The second-order valence-corrected chi connectivity index (χ2v) is 5.96. The molecular weight excluding hydrogens is 236 g/mol. The van der Waals surface area contributed by atoms with Gasteiger partial charge in [-0.15, -0.1) is 0 Å². The summed E-state index contributed by atoms with van der Waals surface area (Å²) in [6.07, 6.45) is 3.59. The molecule has 19 heavy (non-hydrogen) atoms. The summed E-state index contributed by atoms with van der Waals surface area (Å²) in [7, 11) is 0. The molecule has 0 saturated heterocycles. The van der Waals surface area contributed by atoms with Crippen molar-refractivity contribution in [3.63, 3.8) is 0 Å². The van der Waals surface area contributed by atoms with E-state index < -0.39 is 0 Å². The number of aryl methyl sites for hydroxylation is 2. The Bertz CT molecular complexity index is 614. The molecule has 2 aromatic rings. The summed E-state index contributed by atoms with van der Waals surface area (Å²) in [5.74, 6) is 1.55. The van der Waals surface area contributed by atoms with Gasteiger partial charge in [-0.1, -0.05) is 26.8 Å². The van der Waals surface area contributed by atoms with Crippen molar-refractivity contribution in [1.82, 2.24) is 9.97 Å². The van der Waals surface area contributed by atoms with Crippen LogP contribution >= 0.6 is 0 Å². The van der Waals surface area contributed by atoms with Gasteiger partial charge in [-0.05, 0) is 31.0 Å². The summed E-state index contributed by atoms with van der Waals surface area (Å²) in [6.45, 7) is 6.53. The normalized spacial score (nSPS) is 14.1. The van der Waals surface area contributed by atoms with Gasteiger partial charge in [-0.2, -0.15) is 0 Å². The Balaban J connectivity index is 2.02. The van der Waals surface area contributed by atoms with Crippen molar-refractivity contribution >= 4 is 0 Å². The minimum Gasteiger partial charge on any atom is -0.437 e. The SMILES string of the molecule is CC(C)(C)c1ccc2c(n1)CCc1cccnc1O2. The van der Waals surface area contributed by atoms with Crippen LogP contribution in [-0.2, 0) is 18.3 Å². The summed E-state index contributed by atoms with van der Waals surface area (Å²) in [5.41, 5.74) is 3.35. The minimum absolute atomic E-state index is 0.0619. The molecule has 2 aromatic heterocycles. The molecule has 3 heteroatoms. The van der Waals surface area contributed by atoms with E-state index in [2.05, 4.69) is 31.8 Å². The molecule has 1 aliphatic heterocycles. The molecule has 0 bridgehead atoms. The van der Waals surface area contributed by atoms with E-state index in [-0.39, 0.29) is 5.41 Å². The topological polar surface area (TPSA) is 35.0 Å². The molecule has 3 heterocycles. The number of nitrogens with zero attached hydrogens (tertiary/aromatic N) is 2. The standard InChI is InChI=1S/C16H18N2O/c1-16(2,3)14-9-8-13-12(18-14)7-6-11-5-4-10-17-15(11)19-13/h4-5,8-10H,6-7H2,1-3H3. The molecule has 0 amide bonds. The van der Waals surface area contributed by atoms with Crippen molar-refractivity contribution in [3.05, 3.63) is 47.4 Å². The van der Waals surface area contributed by atoms with Gasteiger partial charge in [-0.25, -0.2) is 4.98 Å². The molecule has 3 rings (SSSR count). The van der Waals surface area contributed by atoms with Crippen molar-refractivity contribution < 1.29 is 4.74 Å². The number of hydrogen-bond donors (Lipinski definition) is 0. The fraction of sp³-hybridized carbons (Fsp3) is 0.375. The monoisotopic (exact) mass is 254 g/mol. The van der Waals surface area contributed by atoms with Crippen molar-refractivity contribution in [2.45, 2.75) is 39.0 Å². The van der Waals surface area contributed by atoms with Gasteiger partial charge in [0.1, 0.15) is 0 Å². The molecule has 0 aromatic carbocycles. The van der Waals surface area contributed by atoms with Crippen LogP contribution in [0.1, 0.15) is 37.7 Å². The quantitative estimate of drug-likeness (QED) is 0.719. The van der Waals surface area contributed by atoms with Gasteiger partial charge < -0.3 is 4.74 Å². The number of ether oxygens (including phenoxy) is 1. The van der Waals surface area contributed by atoms with Gasteiger partial charge in [0.25, 0.3) is 0 Å². The van der Waals surface area contributed by atoms with Gasteiger partial charge in [-0.3, -0.25) is 4.98 Å². The lowest BCUT2D eigenvalue weighted by atomic mass is 9.91. The van der Waals surface area contributed by atoms with Crippen LogP contribution in [0.3, 0.4) is 0 Å². The predicted molar refractivity (Wildman–Crippen MR) is 74.7 cm³/mol. The Labute approximate surface area is 113 Å². The lowest BCUT2D eigenvalue weighted by Crippen LogP contribution is -2.14. The lowest BCUT2D eigenvalue weighted by molar-refractivity contribution is 0.454. The summed E-state index contributed by atoms with van der Waals surface area (Å²) >= 11 is 0. The molecule has 0 aliphatic carbocycles. The van der Waals surface area contributed by atoms with E-state index in [1.165, 1.54) is 0 Å². The molecule has 1 aliphatic rings. The van der Waals surface area contributed by atoms with Crippen LogP contribution in [0, 0.1) is 0 Å². The van der Waals surface area contributed by atoms with Crippen LogP contribution in [0.15, 0.2) is 30.5 Å². The molecule has 0 saturated carbocycles. The first-order chi connectivity index (χ1) is 9.04. The van der Waals surface area contributed by atoms with Crippen LogP contribution in [-0.4, -0.2) is 9.97 Å². The largest absolute Gasteiger partial charge is 0.437 e. The van der Waals surface area contributed by atoms with Gasteiger partial charge in [0.05, 0.1) is 5.69 Å². The fourth-order valence-corrected chi connectivity index (χ4v) is 2.24. The maximum atomic E-state index is 5.90. The van der Waals surface area contributed by atoms with E-state index >= 15 is 0 Å². The van der Waals surface area contributed by atoms with Crippen LogP contribution in [0.25, 0.3) is 0 Å². The third kappa shape index (κ3) is 2.33. The minimum atomic E-state index is 0.0619. The van der Waals surface area contributed by atoms with E-state index in [0.717, 1.165) is 35.5 Å². The Kier molecular flexibility index (Phi) is 2.77. The lowest BCUT2D eigenvalue weighted by Gasteiger charge is -2.19. The van der Waals surface area contributed by atoms with Crippen LogP contribution in [0.4, 0.5) is 0 Å². The molecular formula is C16H18N2O. The zero-order chi connectivity index (χ0) is 13.5. The highest BCUT2D eigenvalue weighted by Crippen LogP contribution is 2.32. The Morgan fingerprint density at radius 1 is 1.11 bits per heavy atom. The Morgan fingerprint density at radius 3 is 2.74 bits per heavy atom. The first kappa shape index (κ1) is 12.2. The molecule has 0 unspecified atom stereocenters. The van der Waals surface area contributed by atoms with E-state index in [9.17, 15) is 0 Å². The van der Waals surface area contributed by atoms with E-state index in [0.29, 0.717) is 5.88 Å². The Hall–Kier alpha value is -1.90. The summed E-state index contributed by atoms with van der Waals surface area (Å²) < 4.78 is 5.90. The van der Waals surface area contributed by atoms with Crippen molar-refractivity contribution in [3.8, 4) is 11.6 Å². The zero-order valence-corrected chi connectivity index (χ0v) is 11.6.